The second-order valence-electron chi connectivity index (χ2n) is 6.55. The van der Waals surface area contributed by atoms with Crippen molar-refractivity contribution in [2.45, 2.75) is 56.6 Å². The van der Waals surface area contributed by atoms with E-state index in [-0.39, 0.29) is 21.7 Å². The van der Waals surface area contributed by atoms with Crippen LogP contribution in [-0.4, -0.2) is 11.0 Å². The molecule has 0 amide bonds. The van der Waals surface area contributed by atoms with Crippen molar-refractivity contribution in [3.05, 3.63) is 29.6 Å². The summed E-state index contributed by atoms with van der Waals surface area (Å²) in [5.74, 6) is -0.326. The number of rotatable bonds is 5. The van der Waals surface area contributed by atoms with Crippen LogP contribution in [0.3, 0.4) is 0 Å². The van der Waals surface area contributed by atoms with E-state index in [1.54, 1.807) is 18.0 Å². The van der Waals surface area contributed by atoms with Gasteiger partial charge in [0.2, 0.25) is 0 Å². The van der Waals surface area contributed by atoms with Crippen LogP contribution in [0.25, 0.3) is 0 Å². The van der Waals surface area contributed by atoms with Gasteiger partial charge in [0.25, 0.3) is 0 Å². The van der Waals surface area contributed by atoms with E-state index >= 15 is 0 Å². The summed E-state index contributed by atoms with van der Waals surface area (Å²) in [6.07, 6.45) is 6.35. The fraction of sp³-hybridized carbons (Fsp3) is 0.562. The van der Waals surface area contributed by atoms with E-state index in [4.69, 9.17) is 5.73 Å². The van der Waals surface area contributed by atoms with E-state index in [1.807, 2.05) is 12.3 Å². The zero-order valence-corrected chi connectivity index (χ0v) is 13.3. The number of benzene rings is 1. The molecule has 0 unspecified atom stereocenters. The van der Waals surface area contributed by atoms with Gasteiger partial charge in [-0.1, -0.05) is 6.07 Å². The summed E-state index contributed by atoms with van der Waals surface area (Å²) in [5, 5.41) is 0. The first-order valence-electron chi connectivity index (χ1n) is 7.08. The Bertz CT molecular complexity index is 502. The highest BCUT2D eigenvalue weighted by atomic mass is 32.2. The van der Waals surface area contributed by atoms with E-state index < -0.39 is 0 Å². The van der Waals surface area contributed by atoms with Crippen molar-refractivity contribution in [3.8, 4) is 0 Å². The van der Waals surface area contributed by atoms with Crippen LogP contribution >= 0.6 is 11.9 Å². The SMILES string of the molecule is CC(C)(C)SN=CCCC1(c2ccc(F)c(N)c2)CC1. The standard InChI is InChI=1S/C16H23FN2S/c1-15(2,3)20-19-10-4-7-16(8-9-16)12-5-6-13(17)14(18)11-12/h5-6,10-11H,4,7-9,18H2,1-3H3. The smallest absolute Gasteiger partial charge is 0.146 e. The van der Waals surface area contributed by atoms with E-state index in [0.717, 1.165) is 12.8 Å². The highest BCUT2D eigenvalue weighted by Crippen LogP contribution is 2.52. The molecule has 4 heteroatoms. The van der Waals surface area contributed by atoms with Crippen LogP contribution in [0, 0.1) is 5.82 Å². The van der Waals surface area contributed by atoms with E-state index in [9.17, 15) is 4.39 Å². The number of anilines is 1. The molecule has 0 radical (unpaired) electrons. The Labute approximate surface area is 125 Å². The minimum absolute atomic E-state index is 0.166. The molecule has 0 bridgehead atoms. The first kappa shape index (κ1) is 15.4. The lowest BCUT2D eigenvalue weighted by Gasteiger charge is -2.15. The maximum Gasteiger partial charge on any atom is 0.146 e. The zero-order chi connectivity index (χ0) is 14.8. The van der Waals surface area contributed by atoms with Crippen LogP contribution in [0.2, 0.25) is 0 Å². The van der Waals surface area contributed by atoms with Gasteiger partial charge in [-0.25, -0.2) is 8.79 Å². The third-order valence-electron chi connectivity index (χ3n) is 3.62. The van der Waals surface area contributed by atoms with Crippen LogP contribution in [0.1, 0.15) is 52.0 Å². The molecule has 20 heavy (non-hydrogen) atoms. The first-order valence-corrected chi connectivity index (χ1v) is 7.85. The molecule has 0 aliphatic heterocycles. The Hall–Kier alpha value is -1.03. The predicted octanol–water partition coefficient (Wildman–Crippen LogP) is 4.74. The largest absolute Gasteiger partial charge is 0.396 e. The van der Waals surface area contributed by atoms with Crippen molar-refractivity contribution in [3.63, 3.8) is 0 Å². The van der Waals surface area contributed by atoms with Gasteiger partial charge in [0.05, 0.1) is 5.69 Å². The highest BCUT2D eigenvalue weighted by molar-refractivity contribution is 7.99. The number of nitrogens with zero attached hydrogens (tertiary/aromatic N) is 1. The molecule has 1 fully saturated rings. The van der Waals surface area contributed by atoms with Crippen molar-refractivity contribution in [2.24, 2.45) is 4.40 Å². The van der Waals surface area contributed by atoms with Crippen molar-refractivity contribution in [1.82, 2.24) is 0 Å². The maximum atomic E-state index is 13.2. The number of nitrogen functional groups attached to an aromatic ring is 1. The summed E-state index contributed by atoms with van der Waals surface area (Å²) in [5.41, 5.74) is 7.30. The molecule has 1 aliphatic carbocycles. The summed E-state index contributed by atoms with van der Waals surface area (Å²) >= 11 is 1.60. The van der Waals surface area contributed by atoms with Gasteiger partial charge in [-0.3, -0.25) is 0 Å². The van der Waals surface area contributed by atoms with Gasteiger partial charge in [-0.2, -0.15) is 0 Å². The number of hydrogen-bond acceptors (Lipinski definition) is 3. The molecule has 0 spiro atoms. The molecular weight excluding hydrogens is 271 g/mol. The second-order valence-corrected chi connectivity index (χ2v) is 8.17. The number of nitrogens with two attached hydrogens (primary N) is 1. The van der Waals surface area contributed by atoms with Gasteiger partial charge in [0, 0.05) is 11.0 Å². The van der Waals surface area contributed by atoms with Gasteiger partial charge in [0.1, 0.15) is 5.82 Å². The normalized spacial score (nSPS) is 17.6. The molecular formula is C16H23FN2S. The molecule has 2 rings (SSSR count). The third-order valence-corrected chi connectivity index (χ3v) is 4.42. The van der Waals surface area contributed by atoms with Crippen LogP contribution in [-0.2, 0) is 5.41 Å². The second kappa shape index (κ2) is 5.76. The van der Waals surface area contributed by atoms with Gasteiger partial charge >= 0.3 is 0 Å². The average Bonchev–Trinajstić information content (AvgIpc) is 3.12. The molecule has 0 heterocycles. The van der Waals surface area contributed by atoms with Crippen LogP contribution in [0.15, 0.2) is 22.6 Å². The van der Waals surface area contributed by atoms with Crippen molar-refractivity contribution >= 4 is 23.8 Å². The molecule has 0 aromatic heterocycles. The Morgan fingerprint density at radius 3 is 2.65 bits per heavy atom. The van der Waals surface area contributed by atoms with Crippen LogP contribution < -0.4 is 5.73 Å². The Morgan fingerprint density at radius 1 is 1.40 bits per heavy atom. The summed E-state index contributed by atoms with van der Waals surface area (Å²) in [7, 11) is 0. The lowest BCUT2D eigenvalue weighted by atomic mass is 9.91. The molecule has 2 N–H and O–H groups in total. The van der Waals surface area contributed by atoms with Gasteiger partial charge in [-0.05, 0) is 81.5 Å². The van der Waals surface area contributed by atoms with E-state index in [2.05, 4.69) is 25.2 Å². The molecule has 1 saturated carbocycles. The molecule has 1 aliphatic rings. The molecule has 0 atom stereocenters. The van der Waals surface area contributed by atoms with Crippen molar-refractivity contribution < 1.29 is 4.39 Å². The summed E-state index contributed by atoms with van der Waals surface area (Å²) in [6.45, 7) is 6.45. The Kier molecular flexibility index (Phi) is 4.43. The van der Waals surface area contributed by atoms with Crippen molar-refractivity contribution in [2.75, 3.05) is 5.73 Å². The zero-order valence-electron chi connectivity index (χ0n) is 12.4. The molecule has 110 valence electrons. The first-order chi connectivity index (χ1) is 9.32. The Morgan fingerprint density at radius 2 is 2.10 bits per heavy atom. The van der Waals surface area contributed by atoms with Gasteiger partial charge in [-0.15, -0.1) is 0 Å². The minimum Gasteiger partial charge on any atom is -0.396 e. The summed E-state index contributed by atoms with van der Waals surface area (Å²) in [6, 6.07) is 5.15. The van der Waals surface area contributed by atoms with Crippen molar-refractivity contribution in [1.29, 1.82) is 0 Å². The molecule has 2 nitrogen and oxygen atoms in total. The average molecular weight is 294 g/mol. The molecule has 1 aromatic carbocycles. The maximum absolute atomic E-state index is 13.2. The molecule has 1 aromatic rings. The topological polar surface area (TPSA) is 38.4 Å². The summed E-state index contributed by atoms with van der Waals surface area (Å²) < 4.78 is 17.8. The van der Waals surface area contributed by atoms with E-state index in [1.165, 1.54) is 24.5 Å². The van der Waals surface area contributed by atoms with E-state index in [0.29, 0.717) is 0 Å². The monoisotopic (exact) mass is 294 g/mol. The van der Waals surface area contributed by atoms with Crippen LogP contribution in [0.5, 0.6) is 0 Å². The highest BCUT2D eigenvalue weighted by Gasteiger charge is 2.43. The van der Waals surface area contributed by atoms with Gasteiger partial charge < -0.3 is 5.73 Å². The molecule has 0 saturated heterocycles. The quantitative estimate of drug-likeness (QED) is 0.484. The summed E-state index contributed by atoms with van der Waals surface area (Å²) in [4.78, 5) is 0. The third kappa shape index (κ3) is 3.98. The number of hydrogen-bond donors (Lipinski definition) is 1. The van der Waals surface area contributed by atoms with Crippen LogP contribution in [0.4, 0.5) is 10.1 Å². The fourth-order valence-electron chi connectivity index (χ4n) is 2.30. The number of halogens is 1. The lowest BCUT2D eigenvalue weighted by molar-refractivity contribution is 0.619. The van der Waals surface area contributed by atoms with Gasteiger partial charge in [0.15, 0.2) is 0 Å². The fourth-order valence-corrected chi connectivity index (χ4v) is 2.79. The predicted molar refractivity (Wildman–Crippen MR) is 86.8 cm³/mol. The minimum atomic E-state index is -0.326. The lowest BCUT2D eigenvalue weighted by Crippen LogP contribution is -2.08. The Balaban J connectivity index is 1.90.